The molecule has 3 N–H and O–H groups in total. The first-order valence-electron chi connectivity index (χ1n) is 9.47. The first-order valence-corrected chi connectivity index (χ1v) is 9.47. The largest absolute Gasteiger partial charge is 0.480 e. The fraction of sp³-hybridized carbons (Fsp3) is 0.182. The van der Waals surface area contributed by atoms with Crippen LogP contribution >= 0.6 is 0 Å². The number of benzene rings is 1. The van der Waals surface area contributed by atoms with Gasteiger partial charge in [-0.25, -0.2) is 4.98 Å². The molecule has 0 aliphatic heterocycles. The number of amides is 1. The van der Waals surface area contributed by atoms with E-state index in [1.807, 2.05) is 43.3 Å². The molecule has 30 heavy (non-hydrogen) atoms. The monoisotopic (exact) mass is 402 g/mol. The lowest BCUT2D eigenvalue weighted by molar-refractivity contribution is 0.0941. The number of ether oxygens (including phenoxy) is 1. The Hall–Kier alpha value is -3.94. The van der Waals surface area contributed by atoms with Gasteiger partial charge in [0.2, 0.25) is 5.90 Å². The van der Waals surface area contributed by atoms with E-state index in [0.29, 0.717) is 12.4 Å². The fourth-order valence-electron chi connectivity index (χ4n) is 3.33. The molecular formula is C22H22N6O2. The average Bonchev–Trinajstić information content (AvgIpc) is 3.36. The van der Waals surface area contributed by atoms with Gasteiger partial charge in [0.25, 0.3) is 5.91 Å². The Bertz CT molecular complexity index is 1220. The maximum atomic E-state index is 12.5. The number of imidazole rings is 1. The predicted molar refractivity (Wildman–Crippen MR) is 115 cm³/mol. The maximum absolute atomic E-state index is 12.5. The van der Waals surface area contributed by atoms with Crippen LogP contribution in [0.1, 0.15) is 27.6 Å². The Morgan fingerprint density at radius 1 is 1.17 bits per heavy atom. The number of hydrogen-bond donors (Lipinski definition) is 3. The molecule has 3 aromatic heterocycles. The number of pyridine rings is 1. The number of aromatic amines is 2. The zero-order chi connectivity index (χ0) is 21.1. The lowest BCUT2D eigenvalue weighted by Gasteiger charge is -2.02. The van der Waals surface area contributed by atoms with Crippen LogP contribution in [-0.2, 0) is 11.3 Å². The quantitative estimate of drug-likeness (QED) is 0.352. The van der Waals surface area contributed by atoms with Crippen LogP contribution in [0.4, 0.5) is 0 Å². The van der Waals surface area contributed by atoms with Crippen LogP contribution in [0.15, 0.2) is 53.8 Å². The minimum absolute atomic E-state index is 0.255. The summed E-state index contributed by atoms with van der Waals surface area (Å²) >= 11 is 0. The van der Waals surface area contributed by atoms with Crippen LogP contribution in [0.5, 0.6) is 0 Å². The number of nitrogens with zero attached hydrogens (tertiary/aromatic N) is 3. The van der Waals surface area contributed by atoms with Crippen molar-refractivity contribution in [1.82, 2.24) is 25.3 Å². The van der Waals surface area contributed by atoms with Crippen molar-refractivity contribution >= 4 is 22.7 Å². The normalized spacial score (nSPS) is 11.6. The highest BCUT2D eigenvalue weighted by Gasteiger charge is 2.16. The van der Waals surface area contributed by atoms with Crippen LogP contribution in [0.2, 0.25) is 0 Å². The molecule has 0 saturated heterocycles. The number of rotatable bonds is 5. The molecule has 8 heteroatoms. The van der Waals surface area contributed by atoms with Crippen molar-refractivity contribution in [1.29, 1.82) is 0 Å². The van der Waals surface area contributed by atoms with Crippen LogP contribution < -0.4 is 5.32 Å². The van der Waals surface area contributed by atoms with E-state index in [1.54, 1.807) is 26.6 Å². The van der Waals surface area contributed by atoms with Crippen molar-refractivity contribution in [2.24, 2.45) is 4.99 Å². The molecule has 1 amide bonds. The van der Waals surface area contributed by atoms with Gasteiger partial charge in [-0.05, 0) is 42.8 Å². The molecular weight excluding hydrogens is 380 g/mol. The second-order valence-corrected chi connectivity index (χ2v) is 6.82. The molecule has 0 aliphatic rings. The zero-order valence-corrected chi connectivity index (χ0v) is 17.0. The van der Waals surface area contributed by atoms with Crippen molar-refractivity contribution in [2.45, 2.75) is 13.5 Å². The van der Waals surface area contributed by atoms with Crippen LogP contribution in [0.25, 0.3) is 22.2 Å². The third-order valence-electron chi connectivity index (χ3n) is 4.82. The van der Waals surface area contributed by atoms with Crippen molar-refractivity contribution in [3.05, 3.63) is 71.6 Å². The third-order valence-corrected chi connectivity index (χ3v) is 4.82. The van der Waals surface area contributed by atoms with E-state index in [2.05, 4.69) is 30.2 Å². The molecule has 152 valence electrons. The number of aryl methyl sites for hydroxylation is 1. The molecule has 4 rings (SSSR count). The van der Waals surface area contributed by atoms with Crippen LogP contribution in [0, 0.1) is 6.92 Å². The van der Waals surface area contributed by atoms with Crippen molar-refractivity contribution in [3.63, 3.8) is 0 Å². The van der Waals surface area contributed by atoms with Gasteiger partial charge in [-0.15, -0.1) is 0 Å². The number of aromatic nitrogens is 4. The molecule has 0 saturated carbocycles. The summed E-state index contributed by atoms with van der Waals surface area (Å²) in [7, 11) is 3.28. The number of nitrogens with one attached hydrogen (secondary N) is 3. The summed E-state index contributed by atoms with van der Waals surface area (Å²) in [4.78, 5) is 31.5. The van der Waals surface area contributed by atoms with E-state index in [0.717, 1.165) is 39.1 Å². The number of fused-ring (bicyclic) bond motifs is 1. The first kappa shape index (κ1) is 19.4. The summed E-state index contributed by atoms with van der Waals surface area (Å²) < 4.78 is 5.29. The number of carbonyl (C=O) groups excluding carboxylic acids is 1. The molecule has 3 heterocycles. The zero-order valence-electron chi connectivity index (χ0n) is 17.0. The number of aliphatic imine (C=N–C) groups is 1. The molecule has 0 aliphatic carbocycles. The summed E-state index contributed by atoms with van der Waals surface area (Å²) in [5.41, 5.74) is 5.23. The average molecular weight is 402 g/mol. The molecule has 0 unspecified atom stereocenters. The maximum Gasteiger partial charge on any atom is 0.287 e. The molecule has 1 aromatic carbocycles. The highest BCUT2D eigenvalue weighted by atomic mass is 16.5. The highest BCUT2D eigenvalue weighted by Crippen LogP contribution is 2.26. The SMILES string of the molecule is CN=C(OC)c1cc2cc(-c3nc(C(=O)NCc4ccncc4)[nH]c3C)ccc2[nH]1. The number of carbonyl (C=O) groups is 1. The molecule has 0 radical (unpaired) electrons. The first-order chi connectivity index (χ1) is 14.6. The number of hydrogen-bond acceptors (Lipinski definition) is 5. The van der Waals surface area contributed by atoms with Gasteiger partial charge in [-0.1, -0.05) is 6.07 Å². The summed E-state index contributed by atoms with van der Waals surface area (Å²) in [6.07, 6.45) is 3.39. The van der Waals surface area contributed by atoms with Gasteiger partial charge in [0.05, 0.1) is 12.8 Å². The Balaban J connectivity index is 1.57. The molecule has 0 bridgehead atoms. The van der Waals surface area contributed by atoms with Crippen LogP contribution in [0.3, 0.4) is 0 Å². The van der Waals surface area contributed by atoms with E-state index in [9.17, 15) is 4.79 Å². The molecule has 0 atom stereocenters. The van der Waals surface area contributed by atoms with Crippen molar-refractivity contribution < 1.29 is 9.53 Å². The minimum atomic E-state index is -0.255. The van der Waals surface area contributed by atoms with Gasteiger partial charge in [0.1, 0.15) is 5.69 Å². The Morgan fingerprint density at radius 3 is 2.70 bits per heavy atom. The van der Waals surface area contributed by atoms with Gasteiger partial charge in [-0.3, -0.25) is 14.8 Å². The van der Waals surface area contributed by atoms with Gasteiger partial charge in [0.15, 0.2) is 5.82 Å². The highest BCUT2D eigenvalue weighted by molar-refractivity contribution is 5.99. The molecule has 4 aromatic rings. The lowest BCUT2D eigenvalue weighted by atomic mass is 10.1. The van der Waals surface area contributed by atoms with Gasteiger partial charge >= 0.3 is 0 Å². The van der Waals surface area contributed by atoms with Crippen LogP contribution in [-0.4, -0.2) is 45.9 Å². The lowest BCUT2D eigenvalue weighted by Crippen LogP contribution is -2.24. The second-order valence-electron chi connectivity index (χ2n) is 6.82. The third kappa shape index (κ3) is 3.80. The summed E-state index contributed by atoms with van der Waals surface area (Å²) in [6, 6.07) is 11.7. The summed E-state index contributed by atoms with van der Waals surface area (Å²) in [6.45, 7) is 2.32. The topological polar surface area (TPSA) is 108 Å². The predicted octanol–water partition coefficient (Wildman–Crippen LogP) is 3.21. The van der Waals surface area contributed by atoms with Gasteiger partial charge in [0, 0.05) is 48.1 Å². The smallest absolute Gasteiger partial charge is 0.287 e. The van der Waals surface area contributed by atoms with Gasteiger partial charge < -0.3 is 20.0 Å². The van der Waals surface area contributed by atoms with E-state index in [1.165, 1.54) is 0 Å². The minimum Gasteiger partial charge on any atom is -0.480 e. The van der Waals surface area contributed by atoms with E-state index < -0.39 is 0 Å². The summed E-state index contributed by atoms with van der Waals surface area (Å²) in [5, 5.41) is 3.88. The standard InChI is InChI=1S/C22H22N6O2/c1-13-19(28-20(26-13)21(29)25-12-14-6-8-24-9-7-14)15-4-5-17-16(10-15)11-18(27-17)22(23-2)30-3/h4-11,27H,12H2,1-3H3,(H,25,29)(H,26,28). The Labute approximate surface area is 173 Å². The summed E-state index contributed by atoms with van der Waals surface area (Å²) in [5.74, 6) is 0.568. The van der Waals surface area contributed by atoms with Gasteiger partial charge in [-0.2, -0.15) is 0 Å². The number of methoxy groups -OCH3 is 1. The fourth-order valence-corrected chi connectivity index (χ4v) is 3.33. The van der Waals surface area contributed by atoms with E-state index in [4.69, 9.17) is 4.74 Å². The molecule has 0 fully saturated rings. The van der Waals surface area contributed by atoms with E-state index in [-0.39, 0.29) is 11.7 Å². The second kappa shape index (κ2) is 8.20. The van der Waals surface area contributed by atoms with Crippen molar-refractivity contribution in [3.8, 4) is 11.3 Å². The Kier molecular flexibility index (Phi) is 5.30. The molecule has 0 spiro atoms. The molecule has 8 nitrogen and oxygen atoms in total. The van der Waals surface area contributed by atoms with E-state index >= 15 is 0 Å². The van der Waals surface area contributed by atoms with Crippen molar-refractivity contribution in [2.75, 3.05) is 14.2 Å². The number of H-pyrrole nitrogens is 2. The Morgan fingerprint density at radius 2 is 1.97 bits per heavy atom.